The number of H-pyrrole nitrogens is 1. The number of carbonyl (C=O) groups excluding carboxylic acids is 1. The molecule has 1 aromatic carbocycles. The number of aromatic nitrogens is 2. The summed E-state index contributed by atoms with van der Waals surface area (Å²) in [7, 11) is 1.42. The van der Waals surface area contributed by atoms with E-state index in [1.165, 1.54) is 13.2 Å². The van der Waals surface area contributed by atoms with Crippen LogP contribution in [0.3, 0.4) is 0 Å². The Morgan fingerprint density at radius 2 is 2.21 bits per heavy atom. The lowest BCUT2D eigenvalue weighted by atomic mass is 9.99. The van der Waals surface area contributed by atoms with E-state index >= 15 is 0 Å². The Morgan fingerprint density at radius 1 is 1.29 bits per heavy atom. The number of halogens is 1. The molecule has 6 rings (SSSR count). The van der Waals surface area contributed by atoms with Crippen LogP contribution in [0.1, 0.15) is 28.9 Å². The van der Waals surface area contributed by atoms with Gasteiger partial charge in [0.2, 0.25) is 0 Å². The van der Waals surface area contributed by atoms with Gasteiger partial charge in [0.25, 0.3) is 5.91 Å². The zero-order valence-electron chi connectivity index (χ0n) is 18.9. The molecule has 3 aromatic rings. The van der Waals surface area contributed by atoms with Gasteiger partial charge in [-0.2, -0.15) is 0 Å². The van der Waals surface area contributed by atoms with Gasteiger partial charge in [-0.25, -0.2) is 4.39 Å². The first-order valence-corrected chi connectivity index (χ1v) is 11.6. The van der Waals surface area contributed by atoms with Gasteiger partial charge in [-0.3, -0.25) is 14.7 Å². The maximum Gasteiger partial charge on any atom is 0.255 e. The second-order valence-electron chi connectivity index (χ2n) is 9.06. The lowest BCUT2D eigenvalue weighted by Gasteiger charge is -2.36. The third-order valence-corrected chi connectivity index (χ3v) is 6.81. The number of amides is 1. The number of rotatable bonds is 3. The molecule has 5 heterocycles. The van der Waals surface area contributed by atoms with Gasteiger partial charge in [0.05, 0.1) is 35.9 Å². The van der Waals surface area contributed by atoms with Crippen LogP contribution in [-0.2, 0) is 6.42 Å². The van der Waals surface area contributed by atoms with Crippen LogP contribution in [0.25, 0.3) is 11.3 Å². The van der Waals surface area contributed by atoms with E-state index in [1.54, 1.807) is 24.5 Å². The van der Waals surface area contributed by atoms with Crippen LogP contribution in [-0.4, -0.2) is 59.7 Å². The number of benzene rings is 1. The predicted octanol–water partition coefficient (Wildman–Crippen LogP) is 3.48. The summed E-state index contributed by atoms with van der Waals surface area (Å²) < 4.78 is 26.2. The number of hydrogen-bond acceptors (Lipinski definition) is 6. The van der Waals surface area contributed by atoms with Crippen LogP contribution in [0.5, 0.6) is 11.5 Å². The van der Waals surface area contributed by atoms with E-state index in [0.29, 0.717) is 34.8 Å². The molecule has 1 amide bonds. The van der Waals surface area contributed by atoms with Gasteiger partial charge in [0.15, 0.2) is 11.6 Å². The lowest BCUT2D eigenvalue weighted by molar-refractivity contribution is 0.0762. The SMILES string of the molecule is COc1c(F)cccc1Nc1c2[nH]c3c1C(=O)N[C@@H](C3)CN1CCC[C@@H](C1)Oc1cnccc1-2. The molecule has 2 aromatic heterocycles. The summed E-state index contributed by atoms with van der Waals surface area (Å²) in [6.07, 6.45) is 6.16. The fraction of sp³-hybridized carbons (Fsp3) is 0.360. The van der Waals surface area contributed by atoms with Crippen LogP contribution in [0.2, 0.25) is 0 Å². The van der Waals surface area contributed by atoms with E-state index in [0.717, 1.165) is 43.7 Å². The molecule has 0 saturated carbocycles. The molecule has 0 radical (unpaired) electrons. The van der Waals surface area contributed by atoms with Crippen LogP contribution in [0.15, 0.2) is 36.7 Å². The van der Waals surface area contributed by atoms with Gasteiger partial charge in [-0.15, -0.1) is 0 Å². The molecule has 9 heteroatoms. The van der Waals surface area contributed by atoms with E-state index < -0.39 is 5.82 Å². The van der Waals surface area contributed by atoms with Crippen molar-refractivity contribution < 1.29 is 18.7 Å². The molecular formula is C25H26FN5O3. The van der Waals surface area contributed by atoms with Crippen LogP contribution < -0.4 is 20.1 Å². The van der Waals surface area contributed by atoms with E-state index in [1.807, 2.05) is 6.07 Å². The Hall–Kier alpha value is -3.59. The largest absolute Gasteiger partial charge is 0.492 e. The summed E-state index contributed by atoms with van der Waals surface area (Å²) in [4.78, 5) is 23.5. The van der Waals surface area contributed by atoms with Crippen LogP contribution in [0.4, 0.5) is 15.8 Å². The maximum absolute atomic E-state index is 14.4. The third kappa shape index (κ3) is 3.56. The highest BCUT2D eigenvalue weighted by Gasteiger charge is 2.35. The first-order chi connectivity index (χ1) is 16.6. The summed E-state index contributed by atoms with van der Waals surface area (Å²) in [5.41, 5.74) is 3.87. The molecule has 3 aliphatic heterocycles. The Balaban J connectivity index is 1.54. The molecule has 1 saturated heterocycles. The third-order valence-electron chi connectivity index (χ3n) is 6.81. The fourth-order valence-electron chi connectivity index (χ4n) is 5.34. The van der Waals surface area contributed by atoms with Gasteiger partial charge in [0, 0.05) is 43.0 Å². The molecule has 34 heavy (non-hydrogen) atoms. The molecule has 3 N–H and O–H groups in total. The van der Waals surface area contributed by atoms with Crippen molar-refractivity contribution in [2.45, 2.75) is 31.4 Å². The second kappa shape index (κ2) is 8.32. The minimum Gasteiger partial charge on any atom is -0.492 e. The number of para-hydroxylation sites is 1. The Kier molecular flexibility index (Phi) is 5.13. The number of carbonyl (C=O) groups is 1. The minimum absolute atomic E-state index is 0.00172. The van der Waals surface area contributed by atoms with Crippen molar-refractivity contribution >= 4 is 17.3 Å². The highest BCUT2D eigenvalue weighted by Crippen LogP contribution is 2.43. The number of hydrogen-bond donors (Lipinski definition) is 3. The summed E-state index contributed by atoms with van der Waals surface area (Å²) in [5.74, 6) is 0.0991. The average molecular weight is 464 g/mol. The van der Waals surface area contributed by atoms with Crippen molar-refractivity contribution in [3.05, 3.63) is 53.7 Å². The molecule has 0 spiro atoms. The zero-order valence-corrected chi connectivity index (χ0v) is 18.9. The summed E-state index contributed by atoms with van der Waals surface area (Å²) >= 11 is 0. The molecule has 1 fully saturated rings. The highest BCUT2D eigenvalue weighted by molar-refractivity contribution is 6.07. The monoisotopic (exact) mass is 463 g/mol. The predicted molar refractivity (Wildman–Crippen MR) is 125 cm³/mol. The quantitative estimate of drug-likeness (QED) is 0.551. The summed E-state index contributed by atoms with van der Waals surface area (Å²) in [6, 6.07) is 6.55. The van der Waals surface area contributed by atoms with Gasteiger partial charge < -0.3 is 25.1 Å². The maximum atomic E-state index is 14.4. The molecule has 176 valence electrons. The standard InChI is InChI=1S/C25H26FN5O3/c1-33-24-17(26)5-2-6-18(24)29-23-21-19-10-14(28-25(21)32)12-31-9-3-4-15(13-31)34-20-11-27-8-7-16(20)22(23)30-19/h2,5-8,11,14-15,29-30H,3-4,9-10,12-13H2,1H3,(H,28,32)/t14-,15-/m0/s1. The Morgan fingerprint density at radius 3 is 3.09 bits per heavy atom. The van der Waals surface area contributed by atoms with Gasteiger partial charge in [0.1, 0.15) is 11.9 Å². The van der Waals surface area contributed by atoms with Crippen molar-refractivity contribution in [2.24, 2.45) is 0 Å². The number of nitrogens with zero attached hydrogens (tertiary/aromatic N) is 2. The van der Waals surface area contributed by atoms with E-state index in [2.05, 4.69) is 25.5 Å². The van der Waals surface area contributed by atoms with Gasteiger partial charge in [-0.05, 0) is 37.6 Å². The fourth-order valence-corrected chi connectivity index (χ4v) is 5.34. The molecule has 3 atom stereocenters. The summed E-state index contributed by atoms with van der Waals surface area (Å²) in [6.45, 7) is 2.56. The van der Waals surface area contributed by atoms with Crippen molar-refractivity contribution in [3.8, 4) is 22.8 Å². The van der Waals surface area contributed by atoms with Crippen LogP contribution in [0, 0.1) is 5.82 Å². The lowest BCUT2D eigenvalue weighted by Crippen LogP contribution is -2.51. The normalized spacial score (nSPS) is 23.1. The number of fused-ring (bicyclic) bond motifs is 6. The molecule has 1 unspecified atom stereocenters. The number of aromatic amines is 1. The highest BCUT2D eigenvalue weighted by atomic mass is 19.1. The molecule has 5 bridgehead atoms. The topological polar surface area (TPSA) is 91.5 Å². The van der Waals surface area contributed by atoms with Crippen molar-refractivity contribution in [1.82, 2.24) is 20.2 Å². The molecular weight excluding hydrogens is 437 g/mol. The minimum atomic E-state index is -0.483. The number of pyridine rings is 1. The number of anilines is 2. The van der Waals surface area contributed by atoms with Crippen LogP contribution >= 0.6 is 0 Å². The number of piperidine rings is 1. The van der Waals surface area contributed by atoms with Gasteiger partial charge in [-0.1, -0.05) is 6.07 Å². The molecule has 3 aliphatic rings. The number of nitrogens with one attached hydrogen (secondary N) is 3. The number of ether oxygens (including phenoxy) is 2. The smallest absolute Gasteiger partial charge is 0.255 e. The van der Waals surface area contributed by atoms with E-state index in [-0.39, 0.29) is 23.8 Å². The van der Waals surface area contributed by atoms with Crippen molar-refractivity contribution in [3.63, 3.8) is 0 Å². The van der Waals surface area contributed by atoms with E-state index in [4.69, 9.17) is 9.47 Å². The first-order valence-electron chi connectivity index (χ1n) is 11.6. The first kappa shape index (κ1) is 21.0. The average Bonchev–Trinajstić information content (AvgIpc) is 3.18. The van der Waals surface area contributed by atoms with Crippen molar-refractivity contribution in [2.75, 3.05) is 32.1 Å². The summed E-state index contributed by atoms with van der Waals surface area (Å²) in [5, 5.41) is 6.47. The second-order valence-corrected chi connectivity index (χ2v) is 9.06. The molecule has 0 aliphatic carbocycles. The van der Waals surface area contributed by atoms with Gasteiger partial charge >= 0.3 is 0 Å². The zero-order chi connectivity index (χ0) is 23.2. The van der Waals surface area contributed by atoms with E-state index in [9.17, 15) is 9.18 Å². The Labute approximate surface area is 196 Å². The molecule has 8 nitrogen and oxygen atoms in total. The Bertz CT molecular complexity index is 1260. The number of methoxy groups -OCH3 is 1. The van der Waals surface area contributed by atoms with Crippen molar-refractivity contribution in [1.29, 1.82) is 0 Å².